The second kappa shape index (κ2) is 6.01. The van der Waals surface area contributed by atoms with E-state index in [9.17, 15) is 0 Å². The molecule has 0 fully saturated rings. The normalized spacial score (nSPS) is 11.7. The van der Waals surface area contributed by atoms with Crippen LogP contribution in [0.3, 0.4) is 0 Å². The molecule has 0 unspecified atom stereocenters. The largest absolute Gasteiger partial charge is 0.409 e. The lowest BCUT2D eigenvalue weighted by molar-refractivity contribution is 0.318. The van der Waals surface area contributed by atoms with E-state index in [1.165, 1.54) is 16.0 Å². The first-order chi connectivity index (χ1) is 9.52. The van der Waals surface area contributed by atoms with E-state index in [1.54, 1.807) is 11.8 Å². The lowest BCUT2D eigenvalue weighted by atomic mass is 10.1. The number of nitrogens with two attached hydrogens (primary N) is 1. The van der Waals surface area contributed by atoms with Gasteiger partial charge >= 0.3 is 0 Å². The summed E-state index contributed by atoms with van der Waals surface area (Å²) in [5, 5.41) is 12.0. The predicted molar refractivity (Wildman–Crippen MR) is 83.7 cm³/mol. The Morgan fingerprint density at radius 1 is 1.10 bits per heavy atom. The molecule has 104 valence electrons. The van der Waals surface area contributed by atoms with Crippen LogP contribution in [0.2, 0.25) is 0 Å². The molecule has 0 saturated heterocycles. The molecule has 0 spiro atoms. The van der Waals surface area contributed by atoms with Gasteiger partial charge in [0.1, 0.15) is 0 Å². The maximum absolute atomic E-state index is 8.91. The van der Waals surface area contributed by atoms with Crippen LogP contribution < -0.4 is 5.73 Å². The summed E-state index contributed by atoms with van der Waals surface area (Å²) in [7, 11) is 0. The van der Waals surface area contributed by atoms with Crippen LogP contribution >= 0.6 is 11.8 Å². The quantitative estimate of drug-likeness (QED) is 0.390. The summed E-state index contributed by atoms with van der Waals surface area (Å²) in [6.45, 7) is 6.20. The van der Waals surface area contributed by atoms with E-state index in [2.05, 4.69) is 37.2 Å². The zero-order valence-corrected chi connectivity index (χ0v) is 12.7. The van der Waals surface area contributed by atoms with Crippen molar-refractivity contribution in [1.82, 2.24) is 0 Å². The number of rotatable bonds is 3. The molecule has 0 heterocycles. The molecule has 4 heteroatoms. The van der Waals surface area contributed by atoms with Crippen molar-refractivity contribution < 1.29 is 5.21 Å². The summed E-state index contributed by atoms with van der Waals surface area (Å²) in [5.74, 6) is 0.140. The lowest BCUT2D eigenvalue weighted by Gasteiger charge is -2.13. The highest BCUT2D eigenvalue weighted by Gasteiger charge is 2.12. The third-order valence-electron chi connectivity index (χ3n) is 3.14. The Kier molecular flexibility index (Phi) is 4.35. The minimum atomic E-state index is 0.140. The number of hydrogen-bond acceptors (Lipinski definition) is 3. The molecule has 0 atom stereocenters. The van der Waals surface area contributed by atoms with Gasteiger partial charge in [0.25, 0.3) is 0 Å². The van der Waals surface area contributed by atoms with Crippen molar-refractivity contribution in [3.63, 3.8) is 0 Å². The lowest BCUT2D eigenvalue weighted by Crippen LogP contribution is -2.14. The Bertz CT molecular complexity index is 666. The Morgan fingerprint density at radius 3 is 2.50 bits per heavy atom. The van der Waals surface area contributed by atoms with Gasteiger partial charge in [0.05, 0.1) is 0 Å². The molecule has 0 aliphatic carbocycles. The summed E-state index contributed by atoms with van der Waals surface area (Å²) in [6.07, 6.45) is 0. The van der Waals surface area contributed by atoms with Crippen LogP contribution in [0.1, 0.15) is 22.3 Å². The van der Waals surface area contributed by atoms with Gasteiger partial charge in [0, 0.05) is 15.4 Å². The summed E-state index contributed by atoms with van der Waals surface area (Å²) in [4.78, 5) is 2.20. The smallest absolute Gasteiger partial charge is 0.171 e. The van der Waals surface area contributed by atoms with Gasteiger partial charge in [0.15, 0.2) is 5.84 Å². The van der Waals surface area contributed by atoms with Gasteiger partial charge in [-0.15, -0.1) is 0 Å². The van der Waals surface area contributed by atoms with E-state index < -0.39 is 0 Å². The molecular formula is C16H18N2OS. The third-order valence-corrected chi connectivity index (χ3v) is 4.56. The van der Waals surface area contributed by atoms with E-state index in [0.29, 0.717) is 0 Å². The first kappa shape index (κ1) is 14.5. The monoisotopic (exact) mass is 286 g/mol. The van der Waals surface area contributed by atoms with Crippen molar-refractivity contribution in [2.45, 2.75) is 30.6 Å². The van der Waals surface area contributed by atoms with E-state index in [-0.39, 0.29) is 5.84 Å². The highest BCUT2D eigenvalue weighted by Crippen LogP contribution is 2.35. The van der Waals surface area contributed by atoms with Gasteiger partial charge in [-0.1, -0.05) is 46.7 Å². The fourth-order valence-electron chi connectivity index (χ4n) is 2.07. The third kappa shape index (κ3) is 2.96. The second-order valence-corrected chi connectivity index (χ2v) is 5.86. The van der Waals surface area contributed by atoms with E-state index in [0.717, 1.165) is 16.0 Å². The summed E-state index contributed by atoms with van der Waals surface area (Å²) >= 11 is 1.65. The van der Waals surface area contributed by atoms with E-state index in [1.807, 2.05) is 25.1 Å². The van der Waals surface area contributed by atoms with E-state index in [4.69, 9.17) is 10.9 Å². The number of aryl methyl sites for hydroxylation is 3. The Labute approximate surface area is 123 Å². The SMILES string of the molecule is Cc1ccc(Sc2c(C)cccc2/C(N)=N/O)c(C)c1. The zero-order valence-electron chi connectivity index (χ0n) is 11.8. The standard InChI is InChI=1S/C16H18N2OS/c1-10-7-8-14(12(3)9-10)20-15-11(2)5-4-6-13(15)16(17)18-19/h4-9,19H,1-3H3,(H2,17,18). The fourth-order valence-corrected chi connectivity index (χ4v) is 3.15. The van der Waals surface area contributed by atoms with Crippen LogP contribution in [0.5, 0.6) is 0 Å². The molecule has 3 nitrogen and oxygen atoms in total. The van der Waals surface area contributed by atoms with Crippen molar-refractivity contribution in [2.75, 3.05) is 0 Å². The van der Waals surface area contributed by atoms with Crippen LogP contribution in [0.4, 0.5) is 0 Å². The average Bonchev–Trinajstić information content (AvgIpc) is 2.42. The number of hydrogen-bond donors (Lipinski definition) is 2. The molecule has 2 aromatic rings. The minimum Gasteiger partial charge on any atom is -0.409 e. The van der Waals surface area contributed by atoms with Crippen molar-refractivity contribution in [1.29, 1.82) is 0 Å². The van der Waals surface area contributed by atoms with Crippen molar-refractivity contribution >= 4 is 17.6 Å². The number of amidine groups is 1. The topological polar surface area (TPSA) is 58.6 Å². The van der Waals surface area contributed by atoms with Gasteiger partial charge in [0.2, 0.25) is 0 Å². The Morgan fingerprint density at radius 2 is 1.85 bits per heavy atom. The first-order valence-electron chi connectivity index (χ1n) is 6.35. The molecule has 0 bridgehead atoms. The number of benzene rings is 2. The van der Waals surface area contributed by atoms with Crippen LogP contribution in [-0.2, 0) is 0 Å². The molecule has 2 rings (SSSR count). The second-order valence-electron chi connectivity index (χ2n) is 4.81. The van der Waals surface area contributed by atoms with Crippen molar-refractivity contribution in [2.24, 2.45) is 10.9 Å². The molecule has 0 radical (unpaired) electrons. The predicted octanol–water partition coefficient (Wildman–Crippen LogP) is 3.86. The molecule has 0 saturated carbocycles. The molecule has 0 aliphatic heterocycles. The molecule has 20 heavy (non-hydrogen) atoms. The van der Waals surface area contributed by atoms with Crippen molar-refractivity contribution in [3.8, 4) is 0 Å². The first-order valence-corrected chi connectivity index (χ1v) is 7.17. The van der Waals surface area contributed by atoms with Crippen LogP contribution in [0.15, 0.2) is 51.3 Å². The van der Waals surface area contributed by atoms with Gasteiger partial charge in [-0.3, -0.25) is 0 Å². The van der Waals surface area contributed by atoms with Crippen LogP contribution in [-0.4, -0.2) is 11.0 Å². The molecule has 3 N–H and O–H groups in total. The highest BCUT2D eigenvalue weighted by atomic mass is 32.2. The molecule has 2 aromatic carbocycles. The fraction of sp³-hybridized carbons (Fsp3) is 0.188. The number of nitrogens with zero attached hydrogens (tertiary/aromatic N) is 1. The number of oxime groups is 1. The van der Waals surface area contributed by atoms with Crippen LogP contribution in [0.25, 0.3) is 0 Å². The van der Waals surface area contributed by atoms with Crippen molar-refractivity contribution in [3.05, 3.63) is 58.7 Å². The highest BCUT2D eigenvalue weighted by molar-refractivity contribution is 7.99. The Balaban J connectivity index is 2.48. The molecule has 0 aromatic heterocycles. The zero-order chi connectivity index (χ0) is 14.7. The van der Waals surface area contributed by atoms with Gasteiger partial charge < -0.3 is 10.9 Å². The van der Waals surface area contributed by atoms with Crippen LogP contribution in [0, 0.1) is 20.8 Å². The molecular weight excluding hydrogens is 268 g/mol. The molecule has 0 amide bonds. The summed E-state index contributed by atoms with van der Waals surface area (Å²) in [6, 6.07) is 12.2. The Hall–Kier alpha value is -1.94. The van der Waals surface area contributed by atoms with Gasteiger partial charge in [-0.2, -0.15) is 0 Å². The average molecular weight is 286 g/mol. The maximum atomic E-state index is 8.91. The van der Waals surface area contributed by atoms with Gasteiger partial charge in [-0.05, 0) is 44.0 Å². The maximum Gasteiger partial charge on any atom is 0.171 e. The van der Waals surface area contributed by atoms with Gasteiger partial charge in [-0.25, -0.2) is 0 Å². The summed E-state index contributed by atoms with van der Waals surface area (Å²) < 4.78 is 0. The molecule has 0 aliphatic rings. The minimum absolute atomic E-state index is 0.140. The van der Waals surface area contributed by atoms with E-state index >= 15 is 0 Å². The summed E-state index contributed by atoms with van der Waals surface area (Å²) in [5.41, 5.74) is 10.1.